The third-order valence-corrected chi connectivity index (χ3v) is 6.41. The molecule has 2 N–H and O–H groups in total. The highest BCUT2D eigenvalue weighted by Gasteiger charge is 2.26. The largest absolute Gasteiger partial charge is 0.508 e. The van der Waals surface area contributed by atoms with Crippen LogP contribution in [0.5, 0.6) is 5.75 Å². The fraction of sp³-hybridized carbons (Fsp3) is 0.609. The van der Waals surface area contributed by atoms with E-state index in [1.54, 1.807) is 12.1 Å². The van der Waals surface area contributed by atoms with E-state index in [1.807, 2.05) is 6.92 Å². The highest BCUT2D eigenvalue weighted by atomic mass is 16.3. The molecule has 1 aromatic heterocycles. The number of aromatic hydroxyl groups is 1. The lowest BCUT2D eigenvalue weighted by atomic mass is 9.94. The van der Waals surface area contributed by atoms with E-state index in [1.165, 1.54) is 32.1 Å². The van der Waals surface area contributed by atoms with Crippen LogP contribution in [0.1, 0.15) is 73.6 Å². The van der Waals surface area contributed by atoms with Crippen molar-refractivity contribution in [2.45, 2.75) is 71.4 Å². The summed E-state index contributed by atoms with van der Waals surface area (Å²) in [5, 5.41) is 14.6. The van der Waals surface area contributed by atoms with Crippen molar-refractivity contribution < 1.29 is 14.3 Å². The summed E-state index contributed by atoms with van der Waals surface area (Å²) in [7, 11) is 0. The number of hydrogen-bond acceptors (Lipinski definition) is 4. The SMILES string of the molecule is Cc1oc2ccc(O)c(CN3CCC[C@H](C)C3)c2c1C(=O)NC1CCCCC1. The van der Waals surface area contributed by atoms with Crippen molar-refractivity contribution >= 4 is 16.9 Å². The Balaban J connectivity index is 1.67. The first-order chi connectivity index (χ1) is 13.5. The Morgan fingerprint density at radius 3 is 2.75 bits per heavy atom. The summed E-state index contributed by atoms with van der Waals surface area (Å²) in [5.41, 5.74) is 2.10. The summed E-state index contributed by atoms with van der Waals surface area (Å²) in [6.07, 6.45) is 8.13. The summed E-state index contributed by atoms with van der Waals surface area (Å²) in [4.78, 5) is 15.5. The summed E-state index contributed by atoms with van der Waals surface area (Å²) >= 11 is 0. The van der Waals surface area contributed by atoms with Crippen LogP contribution in [0, 0.1) is 12.8 Å². The molecule has 2 aliphatic rings. The van der Waals surface area contributed by atoms with Crippen LogP contribution in [-0.4, -0.2) is 35.0 Å². The number of phenolic OH excluding ortho intramolecular Hbond substituents is 1. The van der Waals surface area contributed by atoms with Crippen LogP contribution in [0.2, 0.25) is 0 Å². The summed E-state index contributed by atoms with van der Waals surface area (Å²) in [6.45, 7) is 6.82. The number of nitrogens with one attached hydrogen (secondary N) is 1. The van der Waals surface area contributed by atoms with Crippen LogP contribution in [0.4, 0.5) is 0 Å². The minimum absolute atomic E-state index is 0.0676. The zero-order valence-corrected chi connectivity index (χ0v) is 17.1. The minimum atomic E-state index is -0.0676. The lowest BCUT2D eigenvalue weighted by molar-refractivity contribution is 0.0927. The van der Waals surface area contributed by atoms with Gasteiger partial charge < -0.3 is 14.8 Å². The number of furan rings is 1. The van der Waals surface area contributed by atoms with Gasteiger partial charge in [0.15, 0.2) is 0 Å². The number of nitrogens with zero attached hydrogens (tertiary/aromatic N) is 1. The highest BCUT2D eigenvalue weighted by Crippen LogP contribution is 2.35. The van der Waals surface area contributed by atoms with Gasteiger partial charge in [-0.25, -0.2) is 0 Å². The molecule has 0 unspecified atom stereocenters. The zero-order valence-electron chi connectivity index (χ0n) is 17.1. The van der Waals surface area contributed by atoms with Gasteiger partial charge in [0.1, 0.15) is 17.1 Å². The average molecular weight is 385 g/mol. The first-order valence-electron chi connectivity index (χ1n) is 10.8. The first-order valence-corrected chi connectivity index (χ1v) is 10.8. The Kier molecular flexibility index (Phi) is 5.63. The maximum atomic E-state index is 13.2. The van der Waals surface area contributed by atoms with Crippen molar-refractivity contribution in [1.82, 2.24) is 10.2 Å². The predicted molar refractivity (Wildman–Crippen MR) is 111 cm³/mol. The third-order valence-electron chi connectivity index (χ3n) is 6.41. The van der Waals surface area contributed by atoms with Gasteiger partial charge in [-0.05, 0) is 57.2 Å². The summed E-state index contributed by atoms with van der Waals surface area (Å²) in [5.74, 6) is 1.47. The Morgan fingerprint density at radius 1 is 1.21 bits per heavy atom. The van der Waals surface area contributed by atoms with Crippen LogP contribution in [0.15, 0.2) is 16.5 Å². The summed E-state index contributed by atoms with van der Waals surface area (Å²) < 4.78 is 5.92. The van der Waals surface area contributed by atoms with E-state index in [-0.39, 0.29) is 17.7 Å². The van der Waals surface area contributed by atoms with Gasteiger partial charge in [-0.2, -0.15) is 0 Å². The molecule has 4 rings (SSSR count). The number of carbonyl (C=O) groups excluding carboxylic acids is 1. The second-order valence-electron chi connectivity index (χ2n) is 8.76. The van der Waals surface area contributed by atoms with E-state index < -0.39 is 0 Å². The van der Waals surface area contributed by atoms with Gasteiger partial charge in [-0.1, -0.05) is 26.2 Å². The van der Waals surface area contributed by atoms with Crippen LogP contribution in [-0.2, 0) is 6.54 Å². The van der Waals surface area contributed by atoms with E-state index in [0.717, 1.165) is 36.9 Å². The number of carbonyl (C=O) groups is 1. The molecule has 2 aromatic rings. The number of rotatable bonds is 4. The van der Waals surface area contributed by atoms with Gasteiger partial charge in [0, 0.05) is 30.1 Å². The molecular formula is C23H32N2O3. The molecule has 1 saturated heterocycles. The molecule has 2 fully saturated rings. The molecule has 0 bridgehead atoms. The van der Waals surface area contributed by atoms with Crippen molar-refractivity contribution in [3.8, 4) is 5.75 Å². The molecule has 28 heavy (non-hydrogen) atoms. The second-order valence-corrected chi connectivity index (χ2v) is 8.76. The van der Waals surface area contributed by atoms with Crippen LogP contribution in [0.25, 0.3) is 11.0 Å². The quantitative estimate of drug-likeness (QED) is 0.799. The smallest absolute Gasteiger partial charge is 0.255 e. The van der Waals surface area contributed by atoms with E-state index in [9.17, 15) is 9.90 Å². The van der Waals surface area contributed by atoms with Gasteiger partial charge >= 0.3 is 0 Å². The van der Waals surface area contributed by atoms with Gasteiger partial charge in [0.25, 0.3) is 5.91 Å². The second kappa shape index (κ2) is 8.16. The van der Waals surface area contributed by atoms with Crippen molar-refractivity contribution in [2.75, 3.05) is 13.1 Å². The molecule has 1 aliphatic carbocycles. The molecule has 1 aliphatic heterocycles. The Hall–Kier alpha value is -2.01. The molecule has 152 valence electrons. The summed E-state index contributed by atoms with van der Waals surface area (Å²) in [6, 6.07) is 3.71. The van der Waals surface area contributed by atoms with Gasteiger partial charge in [-0.3, -0.25) is 9.69 Å². The maximum absolute atomic E-state index is 13.2. The van der Waals surface area contributed by atoms with Crippen molar-refractivity contribution in [3.05, 3.63) is 29.0 Å². The van der Waals surface area contributed by atoms with Crippen LogP contribution in [0.3, 0.4) is 0 Å². The van der Waals surface area contributed by atoms with Crippen LogP contribution >= 0.6 is 0 Å². The molecule has 0 radical (unpaired) electrons. The standard InChI is InChI=1S/C23H32N2O3/c1-15-7-6-12-25(13-15)14-18-19(26)10-11-20-22(18)21(16(2)28-20)23(27)24-17-8-4-3-5-9-17/h10-11,15,17,26H,3-9,12-14H2,1-2H3,(H,24,27)/t15-/m0/s1. The van der Waals surface area contributed by atoms with Crippen molar-refractivity contribution in [2.24, 2.45) is 5.92 Å². The number of aryl methyl sites for hydroxylation is 1. The first kappa shape index (κ1) is 19.3. The number of piperidine rings is 1. The zero-order chi connectivity index (χ0) is 19.7. The van der Waals surface area contributed by atoms with Gasteiger partial charge in [0.05, 0.1) is 5.56 Å². The monoisotopic (exact) mass is 384 g/mol. The predicted octanol–water partition coefficient (Wildman–Crippen LogP) is 4.74. The van der Waals surface area contributed by atoms with E-state index in [2.05, 4.69) is 17.1 Å². The van der Waals surface area contributed by atoms with Gasteiger partial charge in [0.2, 0.25) is 0 Å². The Labute approximate surface area is 167 Å². The van der Waals surface area contributed by atoms with Gasteiger partial charge in [-0.15, -0.1) is 0 Å². The number of fused-ring (bicyclic) bond motifs is 1. The number of amides is 1. The number of hydrogen-bond donors (Lipinski definition) is 2. The lowest BCUT2D eigenvalue weighted by Crippen LogP contribution is -2.36. The Morgan fingerprint density at radius 2 is 2.00 bits per heavy atom. The number of phenols is 1. The molecule has 5 nitrogen and oxygen atoms in total. The molecule has 1 aromatic carbocycles. The highest BCUT2D eigenvalue weighted by molar-refractivity contribution is 6.09. The van der Waals surface area contributed by atoms with E-state index in [4.69, 9.17) is 4.42 Å². The molecule has 1 atom stereocenters. The minimum Gasteiger partial charge on any atom is -0.508 e. The van der Waals surface area contributed by atoms with E-state index >= 15 is 0 Å². The fourth-order valence-electron chi connectivity index (χ4n) is 4.96. The topological polar surface area (TPSA) is 65.7 Å². The Bertz CT molecular complexity index is 851. The third kappa shape index (κ3) is 3.90. The van der Waals surface area contributed by atoms with Crippen molar-refractivity contribution in [1.29, 1.82) is 0 Å². The molecule has 0 spiro atoms. The number of benzene rings is 1. The van der Waals surface area contributed by atoms with Crippen molar-refractivity contribution in [3.63, 3.8) is 0 Å². The molecular weight excluding hydrogens is 352 g/mol. The normalized spacial score (nSPS) is 21.9. The molecule has 2 heterocycles. The lowest BCUT2D eigenvalue weighted by Gasteiger charge is -2.31. The molecule has 5 heteroatoms. The van der Waals surface area contributed by atoms with Crippen LogP contribution < -0.4 is 5.32 Å². The fourth-order valence-corrected chi connectivity index (χ4v) is 4.96. The maximum Gasteiger partial charge on any atom is 0.255 e. The average Bonchev–Trinajstić information content (AvgIpc) is 3.01. The molecule has 1 amide bonds. The number of likely N-dealkylation sites (tertiary alicyclic amines) is 1. The molecule has 1 saturated carbocycles. The van der Waals surface area contributed by atoms with E-state index in [0.29, 0.717) is 29.4 Å².